The maximum Gasteiger partial charge on any atom is 0.323 e. The van der Waals surface area contributed by atoms with E-state index in [9.17, 15) is 19.5 Å². The van der Waals surface area contributed by atoms with Gasteiger partial charge in [0.25, 0.3) is 7.15 Å². The quantitative estimate of drug-likeness (QED) is 0.260. The number of nitrogens with one attached hydrogen (secondary N) is 1. The smallest absolute Gasteiger partial charge is 0.323 e. The Labute approximate surface area is 211 Å². The van der Waals surface area contributed by atoms with Crippen molar-refractivity contribution < 1.29 is 42.4 Å². The van der Waals surface area contributed by atoms with Gasteiger partial charge in [-0.2, -0.15) is 0 Å². The molecule has 1 aromatic rings. The minimum Gasteiger partial charge on any atom is -0.462 e. The molecule has 6 atom stereocenters. The van der Waals surface area contributed by atoms with E-state index in [-0.39, 0.29) is 12.7 Å². The van der Waals surface area contributed by atoms with Crippen LogP contribution in [0.15, 0.2) is 42.6 Å². The molecule has 13 heteroatoms. The predicted molar refractivity (Wildman–Crippen MR) is 132 cm³/mol. The molecule has 3 rings (SSSR count). The molecule has 2 aliphatic rings. The van der Waals surface area contributed by atoms with Crippen LogP contribution in [0.25, 0.3) is 0 Å². The molecule has 2 N–H and O–H groups in total. The van der Waals surface area contributed by atoms with E-state index < -0.39 is 61.4 Å². The molecule has 36 heavy (non-hydrogen) atoms. The standard InChI is InChI=1S/C23H31FN2O8P2/c1-14(2)32-21(30)15(3)25-36(35,34-17-8-6-5-7-9-17)31-13-18-20(29)23(4,24)22(33-18)26-11-10-16(27)12-19(26)28/h5-11,14-15,18,20,22,25,29,35H,12-13H2,1-4H3/t15-,18+,20+,22+,23+,36-/m0/s1. The van der Waals surface area contributed by atoms with Gasteiger partial charge in [-0.15, -0.1) is 0 Å². The van der Waals surface area contributed by atoms with Gasteiger partial charge in [-0.25, -0.2) is 9.48 Å². The Balaban J connectivity index is 1.76. The number of alkyl halides is 1. The van der Waals surface area contributed by atoms with Crippen molar-refractivity contribution in [3.05, 3.63) is 42.6 Å². The lowest BCUT2D eigenvalue weighted by molar-refractivity contribution is -0.150. The Morgan fingerprint density at radius 2 is 2.00 bits per heavy atom. The summed E-state index contributed by atoms with van der Waals surface area (Å²) >= 11 is 0. The third-order valence-electron chi connectivity index (χ3n) is 5.47. The number of hydrogen-bond donors (Lipinski definition) is 2. The van der Waals surface area contributed by atoms with E-state index in [1.54, 1.807) is 51.1 Å². The van der Waals surface area contributed by atoms with E-state index in [4.69, 9.17) is 18.5 Å². The van der Waals surface area contributed by atoms with Gasteiger partial charge in [0, 0.05) is 6.20 Å². The molecule has 1 saturated heterocycles. The number of allylic oxidation sites excluding steroid dienone is 1. The maximum atomic E-state index is 15.5. The highest BCUT2D eigenvalue weighted by Gasteiger charge is 2.57. The molecule has 1 amide bonds. The minimum absolute atomic E-state index is 0.330. The number of ether oxygens (including phenoxy) is 2. The van der Waals surface area contributed by atoms with Crippen molar-refractivity contribution >= 4 is 33.3 Å². The minimum atomic E-state index is -3.24. The summed E-state index contributed by atoms with van der Waals surface area (Å²) in [4.78, 5) is 37.1. The van der Waals surface area contributed by atoms with Gasteiger partial charge in [-0.1, -0.05) is 18.2 Å². The molecule has 1 fully saturated rings. The normalized spacial score (nSPS) is 28.8. The van der Waals surface area contributed by atoms with Crippen LogP contribution in [-0.2, 0) is 28.4 Å². The van der Waals surface area contributed by atoms with Gasteiger partial charge in [-0.3, -0.25) is 19.3 Å². The molecule has 0 bridgehead atoms. The van der Waals surface area contributed by atoms with Gasteiger partial charge in [0.05, 0.1) is 19.1 Å². The molecule has 0 aliphatic carbocycles. The molecule has 0 spiro atoms. The lowest BCUT2D eigenvalue weighted by atomic mass is 9.97. The fourth-order valence-corrected chi connectivity index (χ4v) is 6.34. The van der Waals surface area contributed by atoms with Gasteiger partial charge < -0.3 is 23.6 Å². The van der Waals surface area contributed by atoms with Crippen LogP contribution < -0.4 is 9.61 Å². The molecule has 10 nitrogen and oxygen atoms in total. The Kier molecular flexibility index (Phi) is 9.09. The third-order valence-corrected chi connectivity index (χ3v) is 8.23. The number of carbonyl (C=O) groups excluding carboxylic acids is 3. The molecule has 0 aromatic heterocycles. The maximum absolute atomic E-state index is 15.5. The van der Waals surface area contributed by atoms with E-state index >= 15 is 4.39 Å². The van der Waals surface area contributed by atoms with Crippen molar-refractivity contribution in [3.8, 4) is 5.75 Å². The van der Waals surface area contributed by atoms with E-state index in [0.717, 1.165) is 24.1 Å². The van der Waals surface area contributed by atoms with E-state index in [1.165, 1.54) is 0 Å². The number of ketones is 1. The van der Waals surface area contributed by atoms with E-state index in [1.807, 2.05) is 0 Å². The first-order valence-corrected chi connectivity index (χ1v) is 14.4. The highest BCUT2D eigenvalue weighted by Crippen LogP contribution is 2.51. The summed E-state index contributed by atoms with van der Waals surface area (Å²) in [5, 5.41) is 13.6. The molecule has 1 aromatic carbocycles. The fraction of sp³-hybridized carbons (Fsp3) is 0.522. The summed E-state index contributed by atoms with van der Waals surface area (Å²) in [6.45, 7) is 5.77. The first-order valence-electron chi connectivity index (χ1n) is 11.4. The highest BCUT2D eigenvalue weighted by molar-refractivity contribution is 7.91. The summed E-state index contributed by atoms with van der Waals surface area (Å²) < 4.78 is 38.4. The number of esters is 1. The highest BCUT2D eigenvalue weighted by atomic mass is 31.8. The van der Waals surface area contributed by atoms with E-state index in [0.29, 0.717) is 5.75 Å². The Morgan fingerprint density at radius 1 is 1.33 bits per heavy atom. The number of aliphatic hydroxyl groups is 1. The number of rotatable bonds is 10. The number of halogens is 1. The molecule has 0 unspecified atom stereocenters. The predicted octanol–water partition coefficient (Wildman–Crippen LogP) is 2.96. The number of para-hydroxylation sites is 1. The van der Waals surface area contributed by atoms with Crippen molar-refractivity contribution in [2.45, 2.75) is 70.4 Å². The number of aliphatic hydroxyl groups excluding tert-OH is 1. The summed E-state index contributed by atoms with van der Waals surface area (Å²) in [6.07, 6.45) is -2.78. The number of carbonyl (C=O) groups is 3. The van der Waals surface area contributed by atoms with Crippen molar-refractivity contribution in [1.82, 2.24) is 9.99 Å². The van der Waals surface area contributed by atoms with Crippen LogP contribution in [0, 0.1) is 0 Å². The van der Waals surface area contributed by atoms with Crippen LogP contribution in [0.1, 0.15) is 34.1 Å². The van der Waals surface area contributed by atoms with Crippen LogP contribution in [0.4, 0.5) is 4.39 Å². The van der Waals surface area contributed by atoms with Crippen molar-refractivity contribution in [1.29, 1.82) is 0 Å². The fourth-order valence-electron chi connectivity index (χ4n) is 3.65. The zero-order chi connectivity index (χ0) is 26.7. The number of nitrogens with zero attached hydrogens (tertiary/aromatic N) is 1. The lowest BCUT2D eigenvalue weighted by Gasteiger charge is -2.33. The average Bonchev–Trinajstić information content (AvgIpc) is 3.01. The Hall–Kier alpha value is -2.13. The average molecular weight is 544 g/mol. The molecule has 2 heterocycles. The monoisotopic (exact) mass is 544 g/mol. The van der Waals surface area contributed by atoms with Crippen molar-refractivity contribution in [2.24, 2.45) is 0 Å². The first kappa shape index (κ1) is 28.4. The SMILES string of the molecule is CC(C)OC(=O)[C@H](C)N[P@](=P)(OC[C@H]1O[C@@H](N2C=CC(=O)CC2=O)[C@](C)(F)[C@@H]1O)Oc1ccccc1. The summed E-state index contributed by atoms with van der Waals surface area (Å²) in [6, 6.07) is 7.82. The topological polar surface area (TPSA) is 124 Å². The van der Waals surface area contributed by atoms with Gasteiger partial charge in [0.1, 0.15) is 24.0 Å². The molecule has 0 radical (unpaired) electrons. The van der Waals surface area contributed by atoms with Gasteiger partial charge >= 0.3 is 5.97 Å². The Bertz CT molecular complexity index is 1050. The third kappa shape index (κ3) is 6.79. The first-order chi connectivity index (χ1) is 16.8. The Morgan fingerprint density at radius 3 is 2.61 bits per heavy atom. The van der Waals surface area contributed by atoms with Crippen molar-refractivity contribution in [2.75, 3.05) is 6.61 Å². The second kappa shape index (κ2) is 11.5. The zero-order valence-corrected chi connectivity index (χ0v) is 22.3. The van der Waals surface area contributed by atoms with Crippen LogP contribution in [-0.4, -0.2) is 70.5 Å². The summed E-state index contributed by atoms with van der Waals surface area (Å²) in [7, 11) is 0.255. The largest absolute Gasteiger partial charge is 0.462 e. The van der Waals surface area contributed by atoms with Gasteiger partial charge in [0.2, 0.25) is 5.91 Å². The number of hydrogen-bond acceptors (Lipinski definition) is 8. The molecular formula is C23H31FN2O8P2. The van der Waals surface area contributed by atoms with Crippen LogP contribution in [0.3, 0.4) is 0 Å². The van der Waals surface area contributed by atoms with Gasteiger partial charge in [0.15, 0.2) is 17.7 Å². The second-order valence-corrected chi connectivity index (χ2v) is 12.5. The van der Waals surface area contributed by atoms with Crippen LogP contribution in [0.5, 0.6) is 5.75 Å². The van der Waals surface area contributed by atoms with Gasteiger partial charge in [-0.05, 0) is 54.4 Å². The van der Waals surface area contributed by atoms with Crippen molar-refractivity contribution in [3.63, 3.8) is 0 Å². The summed E-state index contributed by atoms with van der Waals surface area (Å²) in [5.41, 5.74) is -2.36. The molecule has 0 saturated carbocycles. The number of benzene rings is 1. The summed E-state index contributed by atoms with van der Waals surface area (Å²) in [5.74, 6) is -1.16. The molecule has 2 aliphatic heterocycles. The molecular weight excluding hydrogens is 513 g/mol. The molecule has 198 valence electrons. The van der Waals surface area contributed by atoms with E-state index in [2.05, 4.69) is 13.6 Å². The second-order valence-electron chi connectivity index (χ2n) is 8.97. The van der Waals surface area contributed by atoms with Crippen LogP contribution in [0.2, 0.25) is 0 Å². The lowest BCUT2D eigenvalue weighted by Crippen LogP contribution is -2.51. The zero-order valence-electron chi connectivity index (χ0n) is 20.4. The van der Waals surface area contributed by atoms with Crippen LogP contribution >= 0.6 is 15.7 Å². The number of amides is 1.